The maximum Gasteiger partial charge on any atom is 0.271 e. The summed E-state index contributed by atoms with van der Waals surface area (Å²) in [6, 6.07) is 6.78. The van der Waals surface area contributed by atoms with Crippen LogP contribution in [0.15, 0.2) is 34.8 Å². The number of fused-ring (bicyclic) bond motifs is 2. The Balaban J connectivity index is 1.57. The average molecular weight is 371 g/mol. The summed E-state index contributed by atoms with van der Waals surface area (Å²) in [6.45, 7) is 3.98. The molecule has 9 heteroatoms. The number of nitro groups is 1. The van der Waals surface area contributed by atoms with Crippen LogP contribution in [-0.2, 0) is 5.75 Å². The van der Waals surface area contributed by atoms with E-state index >= 15 is 0 Å². The molecule has 0 atom stereocenters. The van der Waals surface area contributed by atoms with Crippen molar-refractivity contribution in [2.45, 2.75) is 23.9 Å². The van der Waals surface area contributed by atoms with Gasteiger partial charge in [-0.25, -0.2) is 15.0 Å². The van der Waals surface area contributed by atoms with E-state index in [9.17, 15) is 10.1 Å². The van der Waals surface area contributed by atoms with Gasteiger partial charge < -0.3 is 0 Å². The van der Waals surface area contributed by atoms with E-state index in [4.69, 9.17) is 0 Å². The molecule has 0 unspecified atom stereocenters. The van der Waals surface area contributed by atoms with Crippen LogP contribution in [0.5, 0.6) is 0 Å². The molecule has 0 aliphatic heterocycles. The van der Waals surface area contributed by atoms with Crippen LogP contribution >= 0.6 is 23.1 Å². The van der Waals surface area contributed by atoms with Crippen LogP contribution in [0.1, 0.15) is 17.1 Å². The van der Waals surface area contributed by atoms with Gasteiger partial charge in [0.2, 0.25) is 5.78 Å². The van der Waals surface area contributed by atoms with Crippen LogP contribution in [0.25, 0.3) is 16.0 Å². The minimum atomic E-state index is -0.403. The van der Waals surface area contributed by atoms with Gasteiger partial charge in [0, 0.05) is 35.5 Å². The molecule has 25 heavy (non-hydrogen) atoms. The number of benzene rings is 1. The third kappa shape index (κ3) is 3.08. The fourth-order valence-corrected chi connectivity index (χ4v) is 4.53. The normalized spacial score (nSPS) is 11.4. The molecule has 4 aromatic rings. The molecule has 0 saturated carbocycles. The van der Waals surface area contributed by atoms with Gasteiger partial charge in [0.1, 0.15) is 0 Å². The van der Waals surface area contributed by atoms with Gasteiger partial charge in [-0.3, -0.25) is 14.5 Å². The molecule has 3 aromatic heterocycles. The zero-order valence-electron chi connectivity index (χ0n) is 13.5. The number of hydrogen-bond donors (Lipinski definition) is 0. The predicted molar refractivity (Wildman–Crippen MR) is 98.3 cm³/mol. The van der Waals surface area contributed by atoms with Crippen LogP contribution in [0.4, 0.5) is 5.69 Å². The van der Waals surface area contributed by atoms with Crippen molar-refractivity contribution in [2.75, 3.05) is 0 Å². The molecule has 126 valence electrons. The summed E-state index contributed by atoms with van der Waals surface area (Å²) in [5, 5.41) is 10.9. The fraction of sp³-hybridized carbons (Fsp3) is 0.188. The highest BCUT2D eigenvalue weighted by Crippen LogP contribution is 2.33. The molecule has 3 heterocycles. The second-order valence-corrected chi connectivity index (χ2v) is 7.87. The molecule has 0 aliphatic carbocycles. The van der Waals surface area contributed by atoms with Crippen molar-refractivity contribution < 1.29 is 4.92 Å². The summed E-state index contributed by atoms with van der Waals surface area (Å²) in [7, 11) is 0. The van der Waals surface area contributed by atoms with E-state index < -0.39 is 4.92 Å². The average Bonchev–Trinajstić information content (AvgIpc) is 3.15. The number of aromatic nitrogens is 4. The molecule has 0 fully saturated rings. The number of rotatable bonds is 4. The largest absolute Gasteiger partial charge is 0.288 e. The van der Waals surface area contributed by atoms with Crippen molar-refractivity contribution in [3.8, 4) is 0 Å². The minimum Gasteiger partial charge on any atom is -0.288 e. The molecule has 0 saturated heterocycles. The minimum absolute atomic E-state index is 0.0617. The summed E-state index contributed by atoms with van der Waals surface area (Å²) >= 11 is 3.10. The van der Waals surface area contributed by atoms with E-state index in [0.29, 0.717) is 17.0 Å². The van der Waals surface area contributed by atoms with Crippen molar-refractivity contribution in [1.82, 2.24) is 19.4 Å². The summed E-state index contributed by atoms with van der Waals surface area (Å²) in [4.78, 5) is 23.9. The number of nitrogens with zero attached hydrogens (tertiary/aromatic N) is 5. The predicted octanol–water partition coefficient (Wildman–Crippen LogP) is 4.16. The molecule has 0 N–H and O–H groups in total. The highest BCUT2D eigenvalue weighted by molar-refractivity contribution is 8.00. The molecule has 7 nitrogen and oxygen atoms in total. The molecule has 0 amide bonds. The van der Waals surface area contributed by atoms with Crippen LogP contribution in [0.2, 0.25) is 0 Å². The number of non-ortho nitro benzene ring substituents is 1. The SMILES string of the molecule is Cc1cc(C)n2cc(CSc3nc4cc([N+](=O)[O-])ccc4s3)nc2n1. The first-order valence-electron chi connectivity index (χ1n) is 7.49. The Bertz CT molecular complexity index is 1120. The van der Waals surface area contributed by atoms with Gasteiger partial charge >= 0.3 is 0 Å². The van der Waals surface area contributed by atoms with Crippen molar-refractivity contribution in [2.24, 2.45) is 0 Å². The van der Waals surface area contributed by atoms with Gasteiger partial charge in [0.25, 0.3) is 5.69 Å². The van der Waals surface area contributed by atoms with Gasteiger partial charge in [0.15, 0.2) is 4.34 Å². The van der Waals surface area contributed by atoms with Crippen LogP contribution in [-0.4, -0.2) is 24.3 Å². The molecule has 1 aromatic carbocycles. The first-order chi connectivity index (χ1) is 12.0. The standard InChI is InChI=1S/C16H13N5O2S2/c1-9-5-10(2)20-7-11(18-15(20)17-9)8-24-16-19-13-6-12(21(22)23)3-4-14(13)25-16/h3-7H,8H2,1-2H3. The zero-order chi connectivity index (χ0) is 17.6. The van der Waals surface area contributed by atoms with E-state index in [0.717, 1.165) is 26.1 Å². The first-order valence-corrected chi connectivity index (χ1v) is 9.30. The van der Waals surface area contributed by atoms with E-state index in [1.165, 1.54) is 23.5 Å². The van der Waals surface area contributed by atoms with Crippen molar-refractivity contribution in [3.63, 3.8) is 0 Å². The molecule has 0 bridgehead atoms. The van der Waals surface area contributed by atoms with Crippen LogP contribution < -0.4 is 0 Å². The Hall–Kier alpha value is -2.52. The molecule has 4 rings (SSSR count). The highest BCUT2D eigenvalue weighted by atomic mass is 32.2. The Labute approximate surface area is 150 Å². The molecule has 0 radical (unpaired) electrons. The lowest BCUT2D eigenvalue weighted by atomic mass is 10.3. The molecular weight excluding hydrogens is 358 g/mol. The second-order valence-electron chi connectivity index (χ2n) is 5.62. The second kappa shape index (κ2) is 6.08. The van der Waals surface area contributed by atoms with Crippen LogP contribution in [0.3, 0.4) is 0 Å². The van der Waals surface area contributed by atoms with E-state index in [2.05, 4.69) is 15.0 Å². The quantitative estimate of drug-likeness (QED) is 0.304. The van der Waals surface area contributed by atoms with Crippen molar-refractivity contribution in [3.05, 3.63) is 57.7 Å². The maximum atomic E-state index is 10.9. The number of imidazole rings is 1. The number of hydrogen-bond acceptors (Lipinski definition) is 7. The lowest BCUT2D eigenvalue weighted by Crippen LogP contribution is -1.94. The third-order valence-electron chi connectivity index (χ3n) is 3.72. The molecule has 0 spiro atoms. The van der Waals surface area contributed by atoms with E-state index in [-0.39, 0.29) is 5.69 Å². The fourth-order valence-electron chi connectivity index (χ4n) is 2.59. The number of thiazole rings is 1. The number of nitro benzene ring substituents is 1. The molecular formula is C16H13N5O2S2. The Morgan fingerprint density at radius 2 is 2.08 bits per heavy atom. The van der Waals surface area contributed by atoms with Gasteiger partial charge in [-0.2, -0.15) is 0 Å². The van der Waals surface area contributed by atoms with Gasteiger partial charge in [0.05, 0.1) is 20.8 Å². The summed E-state index contributed by atoms with van der Waals surface area (Å²) in [5.74, 6) is 1.37. The van der Waals surface area contributed by atoms with Crippen LogP contribution in [0, 0.1) is 24.0 Å². The Morgan fingerprint density at radius 3 is 2.88 bits per heavy atom. The van der Waals surface area contributed by atoms with Crippen molar-refractivity contribution in [1.29, 1.82) is 0 Å². The summed E-state index contributed by atoms with van der Waals surface area (Å²) in [5.41, 5.74) is 3.69. The smallest absolute Gasteiger partial charge is 0.271 e. The first kappa shape index (κ1) is 16.0. The number of aryl methyl sites for hydroxylation is 2. The summed E-state index contributed by atoms with van der Waals surface area (Å²) in [6.07, 6.45) is 1.99. The van der Waals surface area contributed by atoms with E-state index in [1.54, 1.807) is 17.8 Å². The summed E-state index contributed by atoms with van der Waals surface area (Å²) < 4.78 is 3.79. The lowest BCUT2D eigenvalue weighted by molar-refractivity contribution is -0.384. The third-order valence-corrected chi connectivity index (χ3v) is 5.93. The van der Waals surface area contributed by atoms with Gasteiger partial charge in [-0.15, -0.1) is 11.3 Å². The van der Waals surface area contributed by atoms with E-state index in [1.807, 2.05) is 30.5 Å². The monoisotopic (exact) mass is 371 g/mol. The van der Waals surface area contributed by atoms with Gasteiger partial charge in [-0.1, -0.05) is 11.8 Å². The highest BCUT2D eigenvalue weighted by Gasteiger charge is 2.12. The molecule has 0 aliphatic rings. The maximum absolute atomic E-state index is 10.9. The number of thioether (sulfide) groups is 1. The zero-order valence-corrected chi connectivity index (χ0v) is 15.1. The van der Waals surface area contributed by atoms with Crippen molar-refractivity contribution >= 4 is 44.8 Å². The lowest BCUT2D eigenvalue weighted by Gasteiger charge is -1.98. The Kier molecular flexibility index (Phi) is 3.89. The Morgan fingerprint density at radius 1 is 1.24 bits per heavy atom. The topological polar surface area (TPSA) is 86.2 Å². The van der Waals surface area contributed by atoms with Gasteiger partial charge in [-0.05, 0) is 26.0 Å².